The van der Waals surface area contributed by atoms with Crippen LogP contribution in [0.15, 0.2) is 0 Å². The highest BCUT2D eigenvalue weighted by atomic mass is 19.1. The maximum absolute atomic E-state index is 11.9. The molecule has 0 aromatic heterocycles. The molecule has 0 radical (unpaired) electrons. The lowest BCUT2D eigenvalue weighted by Crippen LogP contribution is -2.05. The normalized spacial score (nSPS) is 13.9. The molecular weight excluding hydrogens is 107 g/mol. The first-order valence-electron chi connectivity index (χ1n) is 2.99. The Morgan fingerprint density at radius 1 is 1.62 bits per heavy atom. The zero-order valence-corrected chi connectivity index (χ0v) is 5.48. The summed E-state index contributed by atoms with van der Waals surface area (Å²) < 4.78 is 16.8. The average molecular weight is 120 g/mol. The van der Waals surface area contributed by atoms with E-state index >= 15 is 0 Å². The molecular formula is C6H13FO. The molecule has 0 rings (SSSR count). The van der Waals surface area contributed by atoms with E-state index in [9.17, 15) is 4.39 Å². The van der Waals surface area contributed by atoms with Gasteiger partial charge < -0.3 is 4.74 Å². The van der Waals surface area contributed by atoms with Crippen molar-refractivity contribution in [3.63, 3.8) is 0 Å². The molecule has 0 heterocycles. The standard InChI is InChI=1S/C6H13FO/c1-3-4-8-5-6(2)7/h6H,3-5H2,1-2H3. The van der Waals surface area contributed by atoms with Crippen LogP contribution in [-0.4, -0.2) is 19.4 Å². The van der Waals surface area contributed by atoms with Crippen LogP contribution in [0.3, 0.4) is 0 Å². The van der Waals surface area contributed by atoms with E-state index in [1.165, 1.54) is 6.92 Å². The smallest absolute Gasteiger partial charge is 0.121 e. The van der Waals surface area contributed by atoms with Crippen molar-refractivity contribution >= 4 is 0 Å². The Morgan fingerprint density at radius 2 is 2.25 bits per heavy atom. The van der Waals surface area contributed by atoms with Gasteiger partial charge in [-0.15, -0.1) is 0 Å². The lowest BCUT2D eigenvalue weighted by atomic mass is 10.5. The van der Waals surface area contributed by atoms with Gasteiger partial charge in [0, 0.05) is 6.61 Å². The molecule has 1 unspecified atom stereocenters. The van der Waals surface area contributed by atoms with Gasteiger partial charge in [-0.05, 0) is 13.3 Å². The summed E-state index contributed by atoms with van der Waals surface area (Å²) in [5.74, 6) is 0. The molecule has 0 aromatic rings. The van der Waals surface area contributed by atoms with Crippen LogP contribution in [0, 0.1) is 0 Å². The summed E-state index contributed by atoms with van der Waals surface area (Å²) in [6, 6.07) is 0. The van der Waals surface area contributed by atoms with E-state index in [4.69, 9.17) is 4.74 Å². The van der Waals surface area contributed by atoms with E-state index in [1.54, 1.807) is 0 Å². The van der Waals surface area contributed by atoms with E-state index in [0.717, 1.165) is 6.42 Å². The summed E-state index contributed by atoms with van der Waals surface area (Å²) in [6.45, 7) is 4.42. The third-order valence-electron chi connectivity index (χ3n) is 0.696. The zero-order chi connectivity index (χ0) is 6.41. The first-order valence-corrected chi connectivity index (χ1v) is 2.99. The molecule has 1 nitrogen and oxygen atoms in total. The lowest BCUT2D eigenvalue weighted by molar-refractivity contribution is 0.0880. The maximum atomic E-state index is 11.9. The number of halogens is 1. The predicted molar refractivity (Wildman–Crippen MR) is 31.7 cm³/mol. The molecule has 0 spiro atoms. The minimum Gasteiger partial charge on any atom is -0.378 e. The van der Waals surface area contributed by atoms with E-state index < -0.39 is 6.17 Å². The monoisotopic (exact) mass is 120 g/mol. The summed E-state index contributed by atoms with van der Waals surface area (Å²) in [5, 5.41) is 0. The van der Waals surface area contributed by atoms with E-state index in [1.807, 2.05) is 6.92 Å². The van der Waals surface area contributed by atoms with Gasteiger partial charge in [-0.3, -0.25) is 0 Å². The minimum atomic E-state index is -0.818. The lowest BCUT2D eigenvalue weighted by Gasteiger charge is -2.00. The second-order valence-corrected chi connectivity index (χ2v) is 1.86. The van der Waals surface area contributed by atoms with Crippen LogP contribution in [0.2, 0.25) is 0 Å². The van der Waals surface area contributed by atoms with Crippen LogP contribution in [-0.2, 0) is 4.74 Å². The van der Waals surface area contributed by atoms with Crippen LogP contribution in [0.5, 0.6) is 0 Å². The molecule has 8 heavy (non-hydrogen) atoms. The fraction of sp³-hybridized carbons (Fsp3) is 1.00. The van der Waals surface area contributed by atoms with Crippen molar-refractivity contribution in [2.75, 3.05) is 13.2 Å². The van der Waals surface area contributed by atoms with Crippen LogP contribution in [0.4, 0.5) is 4.39 Å². The molecule has 0 fully saturated rings. The van der Waals surface area contributed by atoms with Gasteiger partial charge in [0.2, 0.25) is 0 Å². The molecule has 0 N–H and O–H groups in total. The highest BCUT2D eigenvalue weighted by Gasteiger charge is 1.94. The third-order valence-corrected chi connectivity index (χ3v) is 0.696. The molecule has 0 aliphatic carbocycles. The fourth-order valence-electron chi connectivity index (χ4n) is 0.390. The highest BCUT2D eigenvalue weighted by Crippen LogP contribution is 1.89. The van der Waals surface area contributed by atoms with E-state index in [-0.39, 0.29) is 6.61 Å². The summed E-state index contributed by atoms with van der Waals surface area (Å²) in [6.07, 6.45) is 0.147. The quantitative estimate of drug-likeness (QED) is 0.514. The summed E-state index contributed by atoms with van der Waals surface area (Å²) in [7, 11) is 0. The van der Waals surface area contributed by atoms with E-state index in [0.29, 0.717) is 6.61 Å². The van der Waals surface area contributed by atoms with Gasteiger partial charge >= 0.3 is 0 Å². The van der Waals surface area contributed by atoms with Crippen molar-refractivity contribution in [3.8, 4) is 0 Å². The first kappa shape index (κ1) is 7.89. The van der Waals surface area contributed by atoms with Crippen LogP contribution < -0.4 is 0 Å². The Kier molecular flexibility index (Phi) is 4.97. The third kappa shape index (κ3) is 5.89. The second kappa shape index (κ2) is 5.04. The Hall–Kier alpha value is -0.110. The Morgan fingerprint density at radius 3 is 2.62 bits per heavy atom. The SMILES string of the molecule is CCCOCC(C)F. The maximum Gasteiger partial charge on any atom is 0.121 e. The molecule has 0 amide bonds. The Labute approximate surface area is 49.8 Å². The Bertz CT molecular complexity index is 45.8. The first-order chi connectivity index (χ1) is 3.77. The van der Waals surface area contributed by atoms with Gasteiger partial charge in [0.1, 0.15) is 6.17 Å². The highest BCUT2D eigenvalue weighted by molar-refractivity contribution is 4.40. The number of ether oxygens (including phenoxy) is 1. The number of hydrogen-bond acceptors (Lipinski definition) is 1. The predicted octanol–water partition coefficient (Wildman–Crippen LogP) is 1.77. The molecule has 0 saturated carbocycles. The van der Waals surface area contributed by atoms with Crippen LogP contribution in [0.25, 0.3) is 0 Å². The van der Waals surface area contributed by atoms with Gasteiger partial charge in [0.05, 0.1) is 6.61 Å². The fourth-order valence-corrected chi connectivity index (χ4v) is 0.390. The molecule has 0 aliphatic heterocycles. The van der Waals surface area contributed by atoms with Gasteiger partial charge in [0.25, 0.3) is 0 Å². The zero-order valence-electron chi connectivity index (χ0n) is 5.48. The Balaban J connectivity index is 2.72. The molecule has 1 atom stereocenters. The van der Waals surface area contributed by atoms with Crippen molar-refractivity contribution in [2.24, 2.45) is 0 Å². The van der Waals surface area contributed by atoms with Gasteiger partial charge in [-0.25, -0.2) is 4.39 Å². The van der Waals surface area contributed by atoms with Gasteiger partial charge in [-0.1, -0.05) is 6.92 Å². The van der Waals surface area contributed by atoms with Crippen molar-refractivity contribution in [1.29, 1.82) is 0 Å². The number of rotatable bonds is 4. The van der Waals surface area contributed by atoms with Crippen LogP contribution >= 0.6 is 0 Å². The second-order valence-electron chi connectivity index (χ2n) is 1.86. The number of alkyl halides is 1. The van der Waals surface area contributed by atoms with Crippen molar-refractivity contribution in [3.05, 3.63) is 0 Å². The van der Waals surface area contributed by atoms with Crippen LogP contribution in [0.1, 0.15) is 20.3 Å². The largest absolute Gasteiger partial charge is 0.378 e. The van der Waals surface area contributed by atoms with Crippen molar-refractivity contribution in [2.45, 2.75) is 26.4 Å². The van der Waals surface area contributed by atoms with Crippen molar-refractivity contribution < 1.29 is 9.13 Å². The van der Waals surface area contributed by atoms with Crippen molar-refractivity contribution in [1.82, 2.24) is 0 Å². The molecule has 0 aromatic carbocycles. The average Bonchev–Trinajstić information content (AvgIpc) is 1.66. The summed E-state index contributed by atoms with van der Waals surface area (Å²) in [4.78, 5) is 0. The topological polar surface area (TPSA) is 9.23 Å². The molecule has 0 aliphatic rings. The van der Waals surface area contributed by atoms with Gasteiger partial charge in [-0.2, -0.15) is 0 Å². The number of hydrogen-bond donors (Lipinski definition) is 0. The molecule has 2 heteroatoms. The molecule has 50 valence electrons. The molecule has 0 bridgehead atoms. The summed E-state index contributed by atoms with van der Waals surface area (Å²) >= 11 is 0. The summed E-state index contributed by atoms with van der Waals surface area (Å²) in [5.41, 5.74) is 0. The van der Waals surface area contributed by atoms with E-state index in [2.05, 4.69) is 0 Å². The minimum absolute atomic E-state index is 0.244. The van der Waals surface area contributed by atoms with Gasteiger partial charge in [0.15, 0.2) is 0 Å². The molecule has 0 saturated heterocycles.